The molecule has 2 nitrogen and oxygen atoms in total. The van der Waals surface area contributed by atoms with Gasteiger partial charge in [-0.05, 0) is 36.9 Å². The van der Waals surface area contributed by atoms with Crippen molar-refractivity contribution in [1.29, 1.82) is 0 Å². The average Bonchev–Trinajstić information content (AvgIpc) is 2.37. The summed E-state index contributed by atoms with van der Waals surface area (Å²) in [5, 5.41) is 0. The van der Waals surface area contributed by atoms with Crippen LogP contribution in [0.4, 0.5) is 0 Å². The van der Waals surface area contributed by atoms with Crippen LogP contribution in [0.3, 0.4) is 0 Å². The highest BCUT2D eigenvalue weighted by Crippen LogP contribution is 2.37. The van der Waals surface area contributed by atoms with Gasteiger partial charge in [-0.15, -0.1) is 0 Å². The fourth-order valence-electron chi connectivity index (χ4n) is 3.07. The second-order valence-electron chi connectivity index (χ2n) is 5.95. The van der Waals surface area contributed by atoms with E-state index in [2.05, 4.69) is 36.2 Å². The lowest BCUT2D eigenvalue weighted by molar-refractivity contribution is 0.237. The molecule has 0 radical (unpaired) electrons. The van der Waals surface area contributed by atoms with Crippen molar-refractivity contribution < 1.29 is 0 Å². The van der Waals surface area contributed by atoms with E-state index in [4.69, 9.17) is 5.73 Å². The molecule has 19 heavy (non-hydrogen) atoms. The van der Waals surface area contributed by atoms with Crippen LogP contribution in [0.5, 0.6) is 0 Å². The smallest absolute Gasteiger partial charge is 0.0461 e. The first kappa shape index (κ1) is 13.5. The van der Waals surface area contributed by atoms with E-state index in [1.54, 1.807) is 0 Å². The van der Waals surface area contributed by atoms with Crippen LogP contribution in [0.25, 0.3) is 0 Å². The molecule has 1 saturated carbocycles. The van der Waals surface area contributed by atoms with Crippen molar-refractivity contribution in [2.45, 2.75) is 37.3 Å². The zero-order chi connectivity index (χ0) is 13.2. The minimum atomic E-state index is 0.151. The summed E-state index contributed by atoms with van der Waals surface area (Å²) in [5.74, 6) is 3.19. The third kappa shape index (κ3) is 2.83. The van der Waals surface area contributed by atoms with Crippen molar-refractivity contribution in [2.75, 3.05) is 25.1 Å². The summed E-state index contributed by atoms with van der Waals surface area (Å²) < 4.78 is 0. The van der Waals surface area contributed by atoms with Gasteiger partial charge in [-0.2, -0.15) is 11.8 Å². The molecule has 1 aromatic carbocycles. The second-order valence-corrected chi connectivity index (χ2v) is 7.10. The fraction of sp³-hybridized carbons (Fsp3) is 0.625. The van der Waals surface area contributed by atoms with Gasteiger partial charge >= 0.3 is 0 Å². The molecule has 0 spiro atoms. The molecule has 1 saturated heterocycles. The first-order chi connectivity index (χ1) is 9.25. The average molecular weight is 276 g/mol. The summed E-state index contributed by atoms with van der Waals surface area (Å²) in [7, 11) is 2.21. The minimum Gasteiger partial charge on any atom is -0.323 e. The quantitative estimate of drug-likeness (QED) is 0.920. The van der Waals surface area contributed by atoms with E-state index in [-0.39, 0.29) is 6.04 Å². The van der Waals surface area contributed by atoms with Crippen molar-refractivity contribution in [1.82, 2.24) is 4.90 Å². The maximum atomic E-state index is 6.53. The van der Waals surface area contributed by atoms with Gasteiger partial charge in [0, 0.05) is 30.1 Å². The number of nitrogens with zero attached hydrogens (tertiary/aromatic N) is 1. The zero-order valence-electron chi connectivity index (χ0n) is 11.7. The monoisotopic (exact) mass is 276 g/mol. The number of benzene rings is 1. The van der Waals surface area contributed by atoms with Crippen LogP contribution in [0.2, 0.25) is 0 Å². The molecule has 0 aromatic heterocycles. The van der Waals surface area contributed by atoms with Gasteiger partial charge in [0.25, 0.3) is 0 Å². The van der Waals surface area contributed by atoms with Crippen LogP contribution in [0.15, 0.2) is 24.3 Å². The summed E-state index contributed by atoms with van der Waals surface area (Å²) in [6.45, 7) is 1.16. The van der Waals surface area contributed by atoms with Gasteiger partial charge in [0.1, 0.15) is 0 Å². The predicted molar refractivity (Wildman–Crippen MR) is 83.7 cm³/mol. The van der Waals surface area contributed by atoms with Crippen molar-refractivity contribution in [3.8, 4) is 0 Å². The molecule has 2 atom stereocenters. The number of rotatable bonds is 3. The zero-order valence-corrected chi connectivity index (χ0v) is 12.5. The highest BCUT2D eigenvalue weighted by molar-refractivity contribution is 7.99. The normalized spacial score (nSPS) is 26.9. The van der Waals surface area contributed by atoms with Gasteiger partial charge in [-0.25, -0.2) is 0 Å². The first-order valence-electron chi connectivity index (χ1n) is 7.39. The second kappa shape index (κ2) is 5.86. The topological polar surface area (TPSA) is 29.3 Å². The summed E-state index contributed by atoms with van der Waals surface area (Å²) >= 11 is 2.03. The number of hydrogen-bond donors (Lipinski definition) is 1. The molecule has 1 heterocycles. The van der Waals surface area contributed by atoms with Crippen LogP contribution in [-0.2, 0) is 0 Å². The Kier molecular flexibility index (Phi) is 4.15. The Morgan fingerprint density at radius 2 is 2.21 bits per heavy atom. The summed E-state index contributed by atoms with van der Waals surface area (Å²) in [6, 6.07) is 9.67. The molecule has 2 N–H and O–H groups in total. The van der Waals surface area contributed by atoms with Gasteiger partial charge in [0.15, 0.2) is 0 Å². The SMILES string of the molecule is CN1CCSCC1C(N)c1cccc(C2CCC2)c1. The van der Waals surface area contributed by atoms with Gasteiger partial charge in [-0.3, -0.25) is 4.90 Å². The Morgan fingerprint density at radius 3 is 2.89 bits per heavy atom. The van der Waals surface area contributed by atoms with Crippen LogP contribution in [0, 0.1) is 0 Å². The number of hydrogen-bond acceptors (Lipinski definition) is 3. The largest absolute Gasteiger partial charge is 0.323 e. The van der Waals surface area contributed by atoms with E-state index in [0.29, 0.717) is 6.04 Å². The molecule has 3 heteroatoms. The minimum absolute atomic E-state index is 0.151. The van der Waals surface area contributed by atoms with Crippen LogP contribution < -0.4 is 5.73 Å². The maximum absolute atomic E-state index is 6.53. The Labute approximate surface area is 120 Å². The lowest BCUT2D eigenvalue weighted by atomic mass is 9.79. The van der Waals surface area contributed by atoms with Crippen molar-refractivity contribution in [3.63, 3.8) is 0 Å². The van der Waals surface area contributed by atoms with Crippen LogP contribution >= 0.6 is 11.8 Å². The Morgan fingerprint density at radius 1 is 1.37 bits per heavy atom. The van der Waals surface area contributed by atoms with E-state index in [0.717, 1.165) is 18.2 Å². The fourth-order valence-corrected chi connectivity index (χ4v) is 4.35. The lowest BCUT2D eigenvalue weighted by Gasteiger charge is -2.36. The van der Waals surface area contributed by atoms with Gasteiger partial charge in [0.05, 0.1) is 0 Å². The highest BCUT2D eigenvalue weighted by Gasteiger charge is 2.27. The summed E-state index contributed by atoms with van der Waals surface area (Å²) in [4.78, 5) is 2.43. The van der Waals surface area contributed by atoms with Gasteiger partial charge in [0.2, 0.25) is 0 Å². The molecule has 2 fully saturated rings. The number of likely N-dealkylation sites (N-methyl/N-ethyl adjacent to an activating group) is 1. The van der Waals surface area contributed by atoms with E-state index < -0.39 is 0 Å². The summed E-state index contributed by atoms with van der Waals surface area (Å²) in [6.07, 6.45) is 4.11. The molecule has 1 aliphatic heterocycles. The molecule has 3 rings (SSSR count). The van der Waals surface area contributed by atoms with E-state index in [1.165, 1.54) is 36.1 Å². The number of nitrogens with two attached hydrogens (primary N) is 1. The molecule has 0 bridgehead atoms. The molecule has 2 unspecified atom stereocenters. The molecule has 1 aromatic rings. The molecule has 0 amide bonds. The van der Waals surface area contributed by atoms with E-state index in [9.17, 15) is 0 Å². The predicted octanol–water partition coefficient (Wildman–Crippen LogP) is 3.00. The summed E-state index contributed by atoms with van der Waals surface area (Å²) in [5.41, 5.74) is 9.36. The molecular formula is C16H24N2S. The highest BCUT2D eigenvalue weighted by atomic mass is 32.2. The Bertz CT molecular complexity index is 431. The van der Waals surface area contributed by atoms with Gasteiger partial charge in [-0.1, -0.05) is 30.7 Å². The van der Waals surface area contributed by atoms with Crippen LogP contribution in [-0.4, -0.2) is 36.0 Å². The van der Waals surface area contributed by atoms with E-state index >= 15 is 0 Å². The molecule has 104 valence electrons. The number of thioether (sulfide) groups is 1. The lowest BCUT2D eigenvalue weighted by Crippen LogP contribution is -2.46. The maximum Gasteiger partial charge on any atom is 0.0461 e. The molecule has 2 aliphatic rings. The van der Waals surface area contributed by atoms with Gasteiger partial charge < -0.3 is 5.73 Å². The Hall–Kier alpha value is -0.510. The Balaban J connectivity index is 1.76. The molecular weight excluding hydrogens is 252 g/mol. The van der Waals surface area contributed by atoms with E-state index in [1.807, 2.05) is 11.8 Å². The first-order valence-corrected chi connectivity index (χ1v) is 8.54. The standard InChI is InChI=1S/C16H24N2S/c1-18-8-9-19-11-15(18)16(17)14-7-3-6-13(10-14)12-4-2-5-12/h3,6-7,10,12,15-16H,2,4-5,8-9,11,17H2,1H3. The van der Waals surface area contributed by atoms with Crippen molar-refractivity contribution in [2.24, 2.45) is 5.73 Å². The van der Waals surface area contributed by atoms with Crippen LogP contribution in [0.1, 0.15) is 42.3 Å². The third-order valence-electron chi connectivity index (χ3n) is 4.73. The third-order valence-corrected chi connectivity index (χ3v) is 5.78. The molecule has 1 aliphatic carbocycles. The van der Waals surface area contributed by atoms with Crippen molar-refractivity contribution >= 4 is 11.8 Å². The van der Waals surface area contributed by atoms with Crippen molar-refractivity contribution in [3.05, 3.63) is 35.4 Å².